The highest BCUT2D eigenvalue weighted by Gasteiger charge is 2.40. The number of carbonyl (C=O) groups is 4. The molecular formula is C23H29N3O7. The Morgan fingerprint density at radius 1 is 1.15 bits per heavy atom. The van der Waals surface area contributed by atoms with E-state index in [-0.39, 0.29) is 47.1 Å². The second kappa shape index (κ2) is 11.0. The number of carbonyl (C=O) groups excluding carboxylic acids is 4. The lowest BCUT2D eigenvalue weighted by Crippen LogP contribution is -2.37. The topological polar surface area (TPSA) is 136 Å². The van der Waals surface area contributed by atoms with E-state index in [4.69, 9.17) is 4.74 Å². The summed E-state index contributed by atoms with van der Waals surface area (Å²) in [6.45, 7) is 0.598. The van der Waals surface area contributed by atoms with Crippen molar-refractivity contribution in [1.82, 2.24) is 10.2 Å². The molecule has 0 saturated heterocycles. The molecule has 3 amide bonds. The van der Waals surface area contributed by atoms with Crippen LogP contribution in [0.3, 0.4) is 0 Å². The molecule has 0 bridgehead atoms. The zero-order valence-electron chi connectivity index (χ0n) is 18.7. The molecule has 0 aromatic heterocycles. The number of hydrogen-bond acceptors (Lipinski definition) is 7. The van der Waals surface area contributed by atoms with E-state index in [1.54, 1.807) is 0 Å². The van der Waals surface area contributed by atoms with Crippen LogP contribution in [0.4, 0.5) is 5.69 Å². The number of imide groups is 1. The van der Waals surface area contributed by atoms with Crippen LogP contribution < -0.4 is 5.32 Å². The third kappa shape index (κ3) is 5.55. The number of ether oxygens (including phenoxy) is 1. The van der Waals surface area contributed by atoms with Gasteiger partial charge in [0.05, 0.1) is 23.5 Å². The Kier molecular flexibility index (Phi) is 8.13. The molecule has 2 atom stereocenters. The van der Waals surface area contributed by atoms with Crippen LogP contribution in [0.1, 0.15) is 72.1 Å². The maximum atomic E-state index is 12.5. The Hall–Kier alpha value is -3.30. The number of benzene rings is 1. The highest BCUT2D eigenvalue weighted by molar-refractivity contribution is 6.23. The molecule has 33 heavy (non-hydrogen) atoms. The molecule has 2 unspecified atom stereocenters. The summed E-state index contributed by atoms with van der Waals surface area (Å²) < 4.78 is 4.88. The monoisotopic (exact) mass is 459 g/mol. The molecule has 0 spiro atoms. The minimum atomic E-state index is -0.660. The molecule has 1 N–H and O–H groups in total. The number of amides is 3. The lowest BCUT2D eigenvalue weighted by Gasteiger charge is -2.29. The Balaban J connectivity index is 1.39. The highest BCUT2D eigenvalue weighted by Crippen LogP contribution is 2.31. The van der Waals surface area contributed by atoms with Crippen LogP contribution in [0.5, 0.6) is 0 Å². The van der Waals surface area contributed by atoms with E-state index in [0.717, 1.165) is 30.6 Å². The Labute approximate surface area is 191 Å². The summed E-state index contributed by atoms with van der Waals surface area (Å²) in [5, 5.41) is 14.1. The standard InChI is InChI=1S/C23H29N3O7/c1-33-23(30)16-9-5-4-8-15(16)14-24-19(27)12-3-2-6-13-25-21(28)17-10-7-11-18(26(31)32)20(17)22(25)29/h7,10-11,15-16H,2-6,8-9,12-14H2,1H3,(H,24,27). The van der Waals surface area contributed by atoms with Crippen molar-refractivity contribution in [3.05, 3.63) is 39.4 Å². The lowest BCUT2D eigenvalue weighted by atomic mass is 9.79. The van der Waals surface area contributed by atoms with Gasteiger partial charge in [-0.3, -0.25) is 34.2 Å². The van der Waals surface area contributed by atoms with E-state index < -0.39 is 16.7 Å². The van der Waals surface area contributed by atoms with Crippen LogP contribution in [0, 0.1) is 22.0 Å². The number of nitro benzene ring substituents is 1. The SMILES string of the molecule is COC(=O)C1CCCCC1CNC(=O)CCCCCN1C(=O)c2cccc([N+](=O)[O-])c2C1=O. The first-order chi connectivity index (χ1) is 15.8. The fraction of sp³-hybridized carbons (Fsp3) is 0.565. The lowest BCUT2D eigenvalue weighted by molar-refractivity contribution is -0.385. The minimum Gasteiger partial charge on any atom is -0.469 e. The van der Waals surface area contributed by atoms with Crippen molar-refractivity contribution in [2.75, 3.05) is 20.2 Å². The van der Waals surface area contributed by atoms with E-state index in [1.807, 2.05) is 0 Å². The summed E-state index contributed by atoms with van der Waals surface area (Å²) in [6, 6.07) is 4.03. The molecule has 1 fully saturated rings. The molecular weight excluding hydrogens is 430 g/mol. The van der Waals surface area contributed by atoms with E-state index in [1.165, 1.54) is 25.3 Å². The van der Waals surface area contributed by atoms with Gasteiger partial charge >= 0.3 is 5.97 Å². The van der Waals surface area contributed by atoms with Crippen LogP contribution in [0.25, 0.3) is 0 Å². The van der Waals surface area contributed by atoms with Gasteiger partial charge in [0, 0.05) is 25.6 Å². The predicted molar refractivity (Wildman–Crippen MR) is 117 cm³/mol. The number of unbranched alkanes of at least 4 members (excludes halogenated alkanes) is 2. The summed E-state index contributed by atoms with van der Waals surface area (Å²) in [5.74, 6) is -1.56. The number of rotatable bonds is 10. The largest absolute Gasteiger partial charge is 0.469 e. The van der Waals surface area contributed by atoms with Crippen LogP contribution in [-0.4, -0.2) is 53.7 Å². The second-order valence-electron chi connectivity index (χ2n) is 8.51. The van der Waals surface area contributed by atoms with Gasteiger partial charge in [-0.05, 0) is 37.7 Å². The van der Waals surface area contributed by atoms with Gasteiger partial charge in [0.1, 0.15) is 5.56 Å². The minimum absolute atomic E-state index is 0.0570. The Morgan fingerprint density at radius 3 is 2.64 bits per heavy atom. The number of fused-ring (bicyclic) bond motifs is 1. The van der Waals surface area contributed by atoms with Crippen LogP contribution in [-0.2, 0) is 14.3 Å². The fourth-order valence-corrected chi connectivity index (χ4v) is 4.65. The van der Waals surface area contributed by atoms with Crippen molar-refractivity contribution in [3.8, 4) is 0 Å². The second-order valence-corrected chi connectivity index (χ2v) is 8.51. The molecule has 1 aromatic carbocycles. The number of nitrogens with zero attached hydrogens (tertiary/aromatic N) is 2. The van der Waals surface area contributed by atoms with E-state index in [9.17, 15) is 29.3 Å². The van der Waals surface area contributed by atoms with Crippen LogP contribution >= 0.6 is 0 Å². The molecule has 10 nitrogen and oxygen atoms in total. The molecule has 1 aliphatic heterocycles. The molecule has 3 rings (SSSR count). The fourth-order valence-electron chi connectivity index (χ4n) is 4.65. The van der Waals surface area contributed by atoms with Crippen molar-refractivity contribution >= 4 is 29.4 Å². The van der Waals surface area contributed by atoms with Gasteiger partial charge in [0.15, 0.2) is 0 Å². The zero-order chi connectivity index (χ0) is 24.0. The Morgan fingerprint density at radius 2 is 1.91 bits per heavy atom. The molecule has 1 saturated carbocycles. The molecule has 1 heterocycles. The van der Waals surface area contributed by atoms with Crippen molar-refractivity contribution in [3.63, 3.8) is 0 Å². The number of esters is 1. The van der Waals surface area contributed by atoms with Crippen molar-refractivity contribution in [1.29, 1.82) is 0 Å². The van der Waals surface area contributed by atoms with Gasteiger partial charge in [0.25, 0.3) is 17.5 Å². The molecule has 1 aromatic rings. The first-order valence-electron chi connectivity index (χ1n) is 11.3. The highest BCUT2D eigenvalue weighted by atomic mass is 16.6. The van der Waals surface area contributed by atoms with Gasteiger partial charge in [-0.15, -0.1) is 0 Å². The summed E-state index contributed by atoms with van der Waals surface area (Å²) in [5.41, 5.74) is -0.459. The maximum Gasteiger partial charge on any atom is 0.309 e. The third-order valence-electron chi connectivity index (χ3n) is 6.43. The first kappa shape index (κ1) is 24.3. The molecule has 1 aliphatic carbocycles. The number of nitrogens with one attached hydrogen (secondary N) is 1. The number of methoxy groups -OCH3 is 1. The molecule has 178 valence electrons. The predicted octanol–water partition coefficient (Wildman–Crippen LogP) is 2.85. The summed E-state index contributed by atoms with van der Waals surface area (Å²) in [6.07, 6.45) is 5.71. The number of nitro groups is 1. The Bertz CT molecular complexity index is 946. The maximum absolute atomic E-state index is 12.5. The molecule has 2 aliphatic rings. The number of hydrogen-bond donors (Lipinski definition) is 1. The molecule has 10 heteroatoms. The van der Waals surface area contributed by atoms with Crippen molar-refractivity contribution < 1.29 is 28.8 Å². The third-order valence-corrected chi connectivity index (χ3v) is 6.43. The first-order valence-corrected chi connectivity index (χ1v) is 11.3. The quantitative estimate of drug-likeness (QED) is 0.187. The zero-order valence-corrected chi connectivity index (χ0v) is 18.7. The summed E-state index contributed by atoms with van der Waals surface area (Å²) >= 11 is 0. The van der Waals surface area contributed by atoms with Gasteiger partial charge in [0.2, 0.25) is 5.91 Å². The summed E-state index contributed by atoms with van der Waals surface area (Å²) in [7, 11) is 1.38. The van der Waals surface area contributed by atoms with Gasteiger partial charge < -0.3 is 10.1 Å². The average molecular weight is 459 g/mol. The van der Waals surface area contributed by atoms with Crippen LogP contribution in [0.2, 0.25) is 0 Å². The van der Waals surface area contributed by atoms with Gasteiger partial charge in [-0.2, -0.15) is 0 Å². The van der Waals surface area contributed by atoms with Crippen LogP contribution in [0.15, 0.2) is 18.2 Å². The summed E-state index contributed by atoms with van der Waals surface area (Å²) in [4.78, 5) is 60.7. The smallest absolute Gasteiger partial charge is 0.309 e. The van der Waals surface area contributed by atoms with E-state index in [0.29, 0.717) is 32.2 Å². The van der Waals surface area contributed by atoms with Gasteiger partial charge in [-0.1, -0.05) is 25.3 Å². The van der Waals surface area contributed by atoms with E-state index in [2.05, 4.69) is 5.32 Å². The molecule has 0 radical (unpaired) electrons. The average Bonchev–Trinajstić information content (AvgIpc) is 3.06. The van der Waals surface area contributed by atoms with Crippen molar-refractivity contribution in [2.45, 2.75) is 51.4 Å². The normalized spacial score (nSPS) is 19.8. The van der Waals surface area contributed by atoms with E-state index >= 15 is 0 Å². The van der Waals surface area contributed by atoms with Crippen molar-refractivity contribution in [2.24, 2.45) is 11.8 Å². The van der Waals surface area contributed by atoms with Gasteiger partial charge in [-0.25, -0.2) is 0 Å².